The van der Waals surface area contributed by atoms with Gasteiger partial charge in [-0.15, -0.1) is 0 Å². The Bertz CT molecular complexity index is 546. The van der Waals surface area contributed by atoms with E-state index in [1.165, 1.54) is 0 Å². The van der Waals surface area contributed by atoms with Gasteiger partial charge >= 0.3 is 0 Å². The molecule has 5 nitrogen and oxygen atoms in total. The Morgan fingerprint density at radius 3 is 2.48 bits per heavy atom. The molecule has 0 spiro atoms. The van der Waals surface area contributed by atoms with Gasteiger partial charge < -0.3 is 14.9 Å². The summed E-state index contributed by atoms with van der Waals surface area (Å²) in [6, 6.07) is 7.91. The summed E-state index contributed by atoms with van der Waals surface area (Å²) in [5, 5.41) is 11.0. The van der Waals surface area contributed by atoms with Gasteiger partial charge in [-0.25, -0.2) is 0 Å². The lowest BCUT2D eigenvalue weighted by Crippen LogP contribution is -2.50. The molecule has 2 aliphatic heterocycles. The fourth-order valence-electron chi connectivity index (χ4n) is 3.39. The molecule has 2 aliphatic rings. The van der Waals surface area contributed by atoms with E-state index in [0.717, 1.165) is 49.9 Å². The predicted molar refractivity (Wildman–Crippen MR) is 91.9 cm³/mol. The minimum Gasteiger partial charge on any atom is -0.390 e. The molecule has 126 valence electrons. The first-order chi connectivity index (χ1) is 11.1. The molecular formula is C17H24ClN3O2. The average Bonchev–Trinajstić information content (AvgIpc) is 2.94. The van der Waals surface area contributed by atoms with Crippen LogP contribution in [0.15, 0.2) is 24.3 Å². The quantitative estimate of drug-likeness (QED) is 0.883. The highest BCUT2D eigenvalue weighted by Gasteiger charge is 2.25. The lowest BCUT2D eigenvalue weighted by atomic mass is 10.2. The Labute approximate surface area is 142 Å². The topological polar surface area (TPSA) is 47.0 Å². The van der Waals surface area contributed by atoms with Crippen molar-refractivity contribution in [3.05, 3.63) is 29.3 Å². The van der Waals surface area contributed by atoms with Crippen molar-refractivity contribution in [2.75, 3.05) is 50.7 Å². The van der Waals surface area contributed by atoms with Crippen LogP contribution in [-0.4, -0.2) is 72.7 Å². The molecule has 2 heterocycles. The maximum atomic E-state index is 11.6. The highest BCUT2D eigenvalue weighted by atomic mass is 35.5. The van der Waals surface area contributed by atoms with E-state index in [-0.39, 0.29) is 5.91 Å². The second kappa shape index (κ2) is 7.51. The lowest BCUT2D eigenvalue weighted by Gasteiger charge is -2.37. The number of hydrogen-bond donors (Lipinski definition) is 1. The van der Waals surface area contributed by atoms with Crippen LogP contribution in [-0.2, 0) is 4.79 Å². The highest BCUT2D eigenvalue weighted by molar-refractivity contribution is 6.33. The van der Waals surface area contributed by atoms with Crippen LogP contribution in [0.1, 0.15) is 12.8 Å². The molecule has 1 unspecified atom stereocenters. The molecule has 23 heavy (non-hydrogen) atoms. The van der Waals surface area contributed by atoms with E-state index in [0.29, 0.717) is 19.5 Å². The Morgan fingerprint density at radius 2 is 1.83 bits per heavy atom. The number of para-hydroxylation sites is 1. The number of β-amino-alcohol motifs (C(OH)–C–C–N with tert-alkyl or cyclic N) is 1. The van der Waals surface area contributed by atoms with Crippen molar-refractivity contribution in [1.29, 1.82) is 0 Å². The number of halogens is 1. The standard InChI is InChI=1S/C17H24ClN3O2/c18-15-4-1-2-5-16(15)20-10-8-19(9-11-20)12-14(22)13-21-7-3-6-17(21)23/h1-2,4-5,14,22H,3,6-13H2. The van der Waals surface area contributed by atoms with Crippen molar-refractivity contribution in [2.24, 2.45) is 0 Å². The molecule has 0 aromatic heterocycles. The molecule has 1 aromatic rings. The minimum atomic E-state index is -0.469. The van der Waals surface area contributed by atoms with Crippen LogP contribution in [0.2, 0.25) is 5.02 Å². The number of benzene rings is 1. The number of aliphatic hydroxyl groups excluding tert-OH is 1. The molecule has 1 amide bonds. The number of likely N-dealkylation sites (tertiary alicyclic amines) is 1. The zero-order valence-corrected chi connectivity index (χ0v) is 14.1. The van der Waals surface area contributed by atoms with Crippen molar-refractivity contribution >= 4 is 23.2 Å². The van der Waals surface area contributed by atoms with Crippen LogP contribution < -0.4 is 4.90 Å². The predicted octanol–water partition coefficient (Wildman–Crippen LogP) is 1.45. The minimum absolute atomic E-state index is 0.174. The molecular weight excluding hydrogens is 314 g/mol. The molecule has 2 fully saturated rings. The van der Waals surface area contributed by atoms with Gasteiger partial charge in [0, 0.05) is 52.2 Å². The first kappa shape index (κ1) is 16.6. The summed E-state index contributed by atoms with van der Waals surface area (Å²) in [6.07, 6.45) is 1.08. The number of piperazine rings is 1. The van der Waals surface area contributed by atoms with Crippen LogP contribution >= 0.6 is 11.6 Å². The number of nitrogens with zero attached hydrogens (tertiary/aromatic N) is 3. The molecule has 1 N–H and O–H groups in total. The number of rotatable bonds is 5. The Morgan fingerprint density at radius 1 is 1.09 bits per heavy atom. The summed E-state index contributed by atoms with van der Waals surface area (Å²) in [7, 11) is 0. The van der Waals surface area contributed by atoms with Crippen LogP contribution in [0.3, 0.4) is 0 Å². The van der Waals surface area contributed by atoms with Crippen molar-refractivity contribution < 1.29 is 9.90 Å². The van der Waals surface area contributed by atoms with Crippen molar-refractivity contribution in [2.45, 2.75) is 18.9 Å². The normalized spacial score (nSPS) is 21.0. The summed E-state index contributed by atoms with van der Waals surface area (Å²) < 4.78 is 0. The number of amides is 1. The SMILES string of the molecule is O=C1CCCN1CC(O)CN1CCN(c2ccccc2Cl)CC1. The summed E-state index contributed by atoms with van der Waals surface area (Å²) in [5.74, 6) is 0.174. The van der Waals surface area contributed by atoms with Crippen LogP contribution in [0, 0.1) is 0 Å². The first-order valence-electron chi connectivity index (χ1n) is 8.31. The number of aliphatic hydroxyl groups is 1. The Balaban J connectivity index is 1.45. The fraction of sp³-hybridized carbons (Fsp3) is 0.588. The monoisotopic (exact) mass is 337 g/mol. The molecule has 0 saturated carbocycles. The lowest BCUT2D eigenvalue weighted by molar-refractivity contribution is -0.129. The molecule has 3 rings (SSSR count). The summed E-state index contributed by atoms with van der Waals surface area (Å²) in [6.45, 7) is 5.48. The third-order valence-electron chi connectivity index (χ3n) is 4.64. The van der Waals surface area contributed by atoms with Gasteiger partial charge in [0.25, 0.3) is 0 Å². The largest absolute Gasteiger partial charge is 0.390 e. The van der Waals surface area contributed by atoms with Gasteiger partial charge in [-0.3, -0.25) is 9.69 Å². The van der Waals surface area contributed by atoms with Gasteiger partial charge in [-0.2, -0.15) is 0 Å². The summed E-state index contributed by atoms with van der Waals surface area (Å²) in [5.41, 5.74) is 1.08. The number of carbonyl (C=O) groups is 1. The molecule has 0 radical (unpaired) electrons. The van der Waals surface area contributed by atoms with Crippen LogP contribution in [0.25, 0.3) is 0 Å². The Kier molecular flexibility index (Phi) is 5.41. The van der Waals surface area contributed by atoms with Crippen LogP contribution in [0.5, 0.6) is 0 Å². The second-order valence-electron chi connectivity index (χ2n) is 6.34. The van der Waals surface area contributed by atoms with Gasteiger partial charge in [-0.1, -0.05) is 23.7 Å². The zero-order valence-electron chi connectivity index (χ0n) is 13.3. The molecule has 0 bridgehead atoms. The third kappa shape index (κ3) is 4.16. The van der Waals surface area contributed by atoms with Crippen molar-refractivity contribution in [1.82, 2.24) is 9.80 Å². The van der Waals surface area contributed by atoms with E-state index in [1.54, 1.807) is 4.90 Å². The maximum Gasteiger partial charge on any atom is 0.222 e. The van der Waals surface area contributed by atoms with Crippen molar-refractivity contribution in [3.63, 3.8) is 0 Å². The van der Waals surface area contributed by atoms with Gasteiger partial charge in [0.05, 0.1) is 16.8 Å². The van der Waals surface area contributed by atoms with E-state index >= 15 is 0 Å². The van der Waals surface area contributed by atoms with Gasteiger partial charge in [-0.05, 0) is 18.6 Å². The summed E-state index contributed by atoms with van der Waals surface area (Å²) in [4.78, 5) is 17.9. The van der Waals surface area contributed by atoms with E-state index in [9.17, 15) is 9.90 Å². The van der Waals surface area contributed by atoms with E-state index in [1.807, 2.05) is 24.3 Å². The Hall–Kier alpha value is -1.30. The van der Waals surface area contributed by atoms with E-state index in [4.69, 9.17) is 11.6 Å². The number of anilines is 1. The molecule has 1 atom stereocenters. The van der Waals surface area contributed by atoms with Crippen LogP contribution in [0.4, 0.5) is 5.69 Å². The third-order valence-corrected chi connectivity index (χ3v) is 4.96. The molecule has 6 heteroatoms. The molecule has 0 aliphatic carbocycles. The second-order valence-corrected chi connectivity index (χ2v) is 6.74. The number of hydrogen-bond acceptors (Lipinski definition) is 4. The van der Waals surface area contributed by atoms with Crippen molar-refractivity contribution in [3.8, 4) is 0 Å². The van der Waals surface area contributed by atoms with Gasteiger partial charge in [0.1, 0.15) is 0 Å². The smallest absolute Gasteiger partial charge is 0.222 e. The molecule has 1 aromatic carbocycles. The molecule has 2 saturated heterocycles. The maximum absolute atomic E-state index is 11.6. The number of carbonyl (C=O) groups excluding carboxylic acids is 1. The first-order valence-corrected chi connectivity index (χ1v) is 8.69. The van der Waals surface area contributed by atoms with E-state index < -0.39 is 6.10 Å². The van der Waals surface area contributed by atoms with Gasteiger partial charge in [0.15, 0.2) is 0 Å². The average molecular weight is 338 g/mol. The highest BCUT2D eigenvalue weighted by Crippen LogP contribution is 2.26. The van der Waals surface area contributed by atoms with E-state index in [2.05, 4.69) is 9.80 Å². The summed E-state index contributed by atoms with van der Waals surface area (Å²) >= 11 is 6.25. The zero-order chi connectivity index (χ0) is 16.2. The fourth-order valence-corrected chi connectivity index (χ4v) is 3.64. The van der Waals surface area contributed by atoms with Gasteiger partial charge in [0.2, 0.25) is 5.91 Å².